The zero-order valence-electron chi connectivity index (χ0n) is 12.0. The Kier molecular flexibility index (Phi) is 4.61. The highest BCUT2D eigenvalue weighted by Gasteiger charge is 2.12. The molecule has 20 heavy (non-hydrogen) atoms. The van der Waals surface area contributed by atoms with E-state index in [0.717, 1.165) is 42.5 Å². The van der Waals surface area contributed by atoms with E-state index in [1.807, 2.05) is 23.1 Å². The quantitative estimate of drug-likeness (QED) is 0.847. The van der Waals surface area contributed by atoms with Crippen molar-refractivity contribution in [2.24, 2.45) is 0 Å². The fourth-order valence-corrected chi connectivity index (χ4v) is 2.38. The molecule has 2 N–H and O–H groups in total. The summed E-state index contributed by atoms with van der Waals surface area (Å²) in [7, 11) is 0. The van der Waals surface area contributed by atoms with Gasteiger partial charge in [0.05, 0.1) is 17.5 Å². The molecule has 0 spiro atoms. The summed E-state index contributed by atoms with van der Waals surface area (Å²) < 4.78 is 0. The molecule has 1 aromatic carbocycles. The predicted octanol–water partition coefficient (Wildman–Crippen LogP) is 2.05. The van der Waals surface area contributed by atoms with Crippen LogP contribution in [0, 0.1) is 0 Å². The Morgan fingerprint density at radius 2 is 1.75 bits per heavy atom. The molecule has 0 fully saturated rings. The number of H-pyrrole nitrogens is 2. The maximum Gasteiger partial charge on any atom is 0.323 e. The van der Waals surface area contributed by atoms with Crippen molar-refractivity contribution < 1.29 is 4.79 Å². The van der Waals surface area contributed by atoms with E-state index < -0.39 is 0 Å². The van der Waals surface area contributed by atoms with E-state index in [4.69, 9.17) is 0 Å². The lowest BCUT2D eigenvalue weighted by molar-refractivity contribution is -0.130. The monoisotopic (exact) mass is 275 g/mol. The number of aromatic amines is 2. The smallest absolute Gasteiger partial charge is 0.323 e. The second-order valence-corrected chi connectivity index (χ2v) is 5.02. The number of amides is 1. The predicted molar refractivity (Wildman–Crippen MR) is 79.8 cm³/mol. The number of carbonyl (C=O) groups is 1. The third-order valence-corrected chi connectivity index (χ3v) is 3.28. The van der Waals surface area contributed by atoms with Crippen molar-refractivity contribution in [3.05, 3.63) is 34.2 Å². The molecular weight excluding hydrogens is 254 g/mol. The highest BCUT2D eigenvalue weighted by Crippen LogP contribution is 2.12. The largest absolute Gasteiger partial charge is 0.342 e. The molecule has 5 heteroatoms. The molecule has 0 atom stereocenters. The van der Waals surface area contributed by atoms with Crippen LogP contribution in [-0.2, 0) is 11.2 Å². The molecule has 0 aliphatic carbocycles. The Morgan fingerprint density at radius 1 is 1.10 bits per heavy atom. The summed E-state index contributed by atoms with van der Waals surface area (Å²) in [4.78, 5) is 30.8. The highest BCUT2D eigenvalue weighted by molar-refractivity contribution is 5.81. The molecule has 0 saturated heterocycles. The number of hydrogen-bond acceptors (Lipinski definition) is 2. The number of imidazole rings is 1. The van der Waals surface area contributed by atoms with Gasteiger partial charge in [0, 0.05) is 13.1 Å². The first-order valence-electron chi connectivity index (χ1n) is 7.12. The zero-order chi connectivity index (χ0) is 14.5. The first-order chi connectivity index (χ1) is 9.63. The number of aromatic nitrogens is 2. The normalized spacial score (nSPS) is 10.9. The fraction of sp³-hybridized carbons (Fsp3) is 0.467. The van der Waals surface area contributed by atoms with E-state index in [1.54, 1.807) is 0 Å². The summed E-state index contributed by atoms with van der Waals surface area (Å²) in [5, 5.41) is 0. The molecule has 0 bridgehead atoms. The minimum absolute atomic E-state index is 0.144. The summed E-state index contributed by atoms with van der Waals surface area (Å²) in [6.45, 7) is 5.75. The number of benzene rings is 1. The molecule has 0 aliphatic rings. The summed E-state index contributed by atoms with van der Waals surface area (Å²) in [5.74, 6) is 0.144. The first kappa shape index (κ1) is 14.4. The van der Waals surface area contributed by atoms with Crippen LogP contribution in [0.1, 0.15) is 32.3 Å². The molecule has 0 radical (unpaired) electrons. The van der Waals surface area contributed by atoms with Gasteiger partial charge in [-0.1, -0.05) is 19.9 Å². The SMILES string of the molecule is CCCN(CCC)C(=O)Cc1ccc2[nH]c(=O)[nH]c2c1. The van der Waals surface area contributed by atoms with Gasteiger partial charge < -0.3 is 14.9 Å². The molecule has 1 heterocycles. The van der Waals surface area contributed by atoms with Gasteiger partial charge in [0.15, 0.2) is 0 Å². The third kappa shape index (κ3) is 3.29. The van der Waals surface area contributed by atoms with Crippen LogP contribution in [0.5, 0.6) is 0 Å². The van der Waals surface area contributed by atoms with Gasteiger partial charge in [-0.05, 0) is 30.5 Å². The maximum atomic E-state index is 12.3. The van der Waals surface area contributed by atoms with Crippen LogP contribution >= 0.6 is 0 Å². The number of nitrogens with zero attached hydrogens (tertiary/aromatic N) is 1. The van der Waals surface area contributed by atoms with Crippen LogP contribution in [-0.4, -0.2) is 33.9 Å². The Labute approximate surface area is 118 Å². The average molecular weight is 275 g/mol. The van der Waals surface area contributed by atoms with Crippen LogP contribution in [0.2, 0.25) is 0 Å². The van der Waals surface area contributed by atoms with Crippen LogP contribution in [0.15, 0.2) is 23.0 Å². The van der Waals surface area contributed by atoms with Crippen molar-refractivity contribution in [2.75, 3.05) is 13.1 Å². The van der Waals surface area contributed by atoms with E-state index in [0.29, 0.717) is 6.42 Å². The molecule has 108 valence electrons. The average Bonchev–Trinajstić information content (AvgIpc) is 2.77. The van der Waals surface area contributed by atoms with Gasteiger partial charge in [0.25, 0.3) is 0 Å². The standard InChI is InChI=1S/C15H21N3O2/c1-3-7-18(8-4-2)14(19)10-11-5-6-12-13(9-11)17-15(20)16-12/h5-6,9H,3-4,7-8,10H2,1-2H3,(H2,16,17,20). The van der Waals surface area contributed by atoms with Gasteiger partial charge in [-0.25, -0.2) is 4.79 Å². The van der Waals surface area contributed by atoms with Crippen LogP contribution < -0.4 is 5.69 Å². The van der Waals surface area contributed by atoms with Crippen molar-refractivity contribution in [1.82, 2.24) is 14.9 Å². The molecule has 0 aliphatic heterocycles. The molecule has 0 unspecified atom stereocenters. The van der Waals surface area contributed by atoms with Crippen LogP contribution in [0.4, 0.5) is 0 Å². The van der Waals surface area contributed by atoms with Crippen molar-refractivity contribution in [3.63, 3.8) is 0 Å². The number of nitrogens with one attached hydrogen (secondary N) is 2. The van der Waals surface area contributed by atoms with Gasteiger partial charge in [-0.15, -0.1) is 0 Å². The second-order valence-electron chi connectivity index (χ2n) is 5.02. The zero-order valence-corrected chi connectivity index (χ0v) is 12.0. The van der Waals surface area contributed by atoms with Crippen molar-refractivity contribution in [2.45, 2.75) is 33.1 Å². The summed E-state index contributed by atoms with van der Waals surface area (Å²) in [6, 6.07) is 5.58. The Morgan fingerprint density at radius 3 is 2.40 bits per heavy atom. The minimum atomic E-state index is -0.220. The third-order valence-electron chi connectivity index (χ3n) is 3.28. The van der Waals surface area contributed by atoms with E-state index in [1.165, 1.54) is 0 Å². The molecular formula is C15H21N3O2. The van der Waals surface area contributed by atoms with Crippen molar-refractivity contribution in [3.8, 4) is 0 Å². The van der Waals surface area contributed by atoms with Crippen molar-refractivity contribution in [1.29, 1.82) is 0 Å². The van der Waals surface area contributed by atoms with Gasteiger partial charge in [-0.2, -0.15) is 0 Å². The first-order valence-corrected chi connectivity index (χ1v) is 7.12. The Balaban J connectivity index is 2.13. The number of rotatable bonds is 6. The molecule has 2 aromatic rings. The van der Waals surface area contributed by atoms with Gasteiger partial charge in [-0.3, -0.25) is 4.79 Å². The van der Waals surface area contributed by atoms with E-state index in [9.17, 15) is 9.59 Å². The lowest BCUT2D eigenvalue weighted by Crippen LogP contribution is -2.33. The number of hydrogen-bond donors (Lipinski definition) is 2. The molecule has 1 aromatic heterocycles. The van der Waals surface area contributed by atoms with Gasteiger partial charge in [0.1, 0.15) is 0 Å². The summed E-state index contributed by atoms with van der Waals surface area (Å²) in [6.07, 6.45) is 2.31. The summed E-state index contributed by atoms with van der Waals surface area (Å²) >= 11 is 0. The maximum absolute atomic E-state index is 12.3. The fourth-order valence-electron chi connectivity index (χ4n) is 2.38. The Hall–Kier alpha value is -2.04. The van der Waals surface area contributed by atoms with Crippen LogP contribution in [0.3, 0.4) is 0 Å². The number of fused-ring (bicyclic) bond motifs is 1. The lowest BCUT2D eigenvalue weighted by Gasteiger charge is -2.21. The topological polar surface area (TPSA) is 69.0 Å². The molecule has 0 saturated carbocycles. The summed E-state index contributed by atoms with van der Waals surface area (Å²) in [5.41, 5.74) is 2.22. The Bertz CT molecular complexity index is 636. The van der Waals surface area contributed by atoms with E-state index in [-0.39, 0.29) is 11.6 Å². The van der Waals surface area contributed by atoms with Crippen LogP contribution in [0.25, 0.3) is 11.0 Å². The van der Waals surface area contributed by atoms with Crippen molar-refractivity contribution >= 4 is 16.9 Å². The van der Waals surface area contributed by atoms with Gasteiger partial charge in [0.2, 0.25) is 5.91 Å². The van der Waals surface area contributed by atoms with Gasteiger partial charge >= 0.3 is 5.69 Å². The second kappa shape index (κ2) is 6.41. The molecule has 5 nitrogen and oxygen atoms in total. The van der Waals surface area contributed by atoms with E-state index in [2.05, 4.69) is 23.8 Å². The highest BCUT2D eigenvalue weighted by atomic mass is 16.2. The van der Waals surface area contributed by atoms with E-state index >= 15 is 0 Å². The lowest BCUT2D eigenvalue weighted by atomic mass is 10.1. The molecule has 1 amide bonds. The molecule has 2 rings (SSSR count). The minimum Gasteiger partial charge on any atom is -0.342 e. The number of carbonyl (C=O) groups excluding carboxylic acids is 1.